The molecule has 0 spiro atoms. The molecule has 1 heterocycles. The van der Waals surface area contributed by atoms with Crippen molar-refractivity contribution in [2.24, 2.45) is 0 Å². The quantitative estimate of drug-likeness (QED) is 0.362. The zero-order chi connectivity index (χ0) is 21.7. The van der Waals surface area contributed by atoms with Crippen molar-refractivity contribution in [2.75, 3.05) is 18.0 Å². The summed E-state index contributed by atoms with van der Waals surface area (Å²) in [6.45, 7) is 5.65. The molecule has 0 aliphatic rings. The maximum absolute atomic E-state index is 11.7. The molecule has 0 bridgehead atoms. The Balaban J connectivity index is 1.84. The number of phenols is 1. The first-order chi connectivity index (χ1) is 14.4. The molecular formula is C21H20ClN3O4S. The summed E-state index contributed by atoms with van der Waals surface area (Å²) in [5.74, 6) is -0.921. The monoisotopic (exact) mass is 445 g/mol. The number of nitrogens with zero attached hydrogens (tertiary/aromatic N) is 3. The second-order valence-electron chi connectivity index (χ2n) is 6.21. The van der Waals surface area contributed by atoms with Gasteiger partial charge in [0.25, 0.3) is 5.22 Å². The van der Waals surface area contributed by atoms with E-state index in [1.807, 2.05) is 19.9 Å². The van der Waals surface area contributed by atoms with E-state index in [1.54, 1.807) is 36.4 Å². The fourth-order valence-electron chi connectivity index (χ4n) is 2.77. The van der Waals surface area contributed by atoms with Crippen LogP contribution in [0.15, 0.2) is 57.0 Å². The van der Waals surface area contributed by atoms with Gasteiger partial charge < -0.3 is 19.5 Å². The van der Waals surface area contributed by atoms with Crippen molar-refractivity contribution in [3.63, 3.8) is 0 Å². The molecule has 2 N–H and O–H groups in total. The van der Waals surface area contributed by atoms with Crippen molar-refractivity contribution in [1.29, 1.82) is 0 Å². The molecule has 0 radical (unpaired) electrons. The minimum absolute atomic E-state index is 0.00821. The average Bonchev–Trinajstić information content (AvgIpc) is 3.19. The molecule has 1 aromatic heterocycles. The third-order valence-corrected chi connectivity index (χ3v) is 5.44. The first kappa shape index (κ1) is 21.7. The van der Waals surface area contributed by atoms with Crippen LogP contribution in [0.5, 0.6) is 5.75 Å². The van der Waals surface area contributed by atoms with Gasteiger partial charge in [0.2, 0.25) is 5.89 Å². The van der Waals surface area contributed by atoms with Crippen molar-refractivity contribution < 1.29 is 19.4 Å². The maximum atomic E-state index is 11.7. The van der Waals surface area contributed by atoms with E-state index < -0.39 is 5.97 Å². The Hall–Kier alpha value is -2.97. The molecule has 0 atom stereocenters. The van der Waals surface area contributed by atoms with Crippen LogP contribution in [0, 0.1) is 0 Å². The van der Waals surface area contributed by atoms with Gasteiger partial charge in [-0.2, -0.15) is 0 Å². The van der Waals surface area contributed by atoms with E-state index >= 15 is 0 Å². The predicted octanol–water partition coefficient (Wildman–Crippen LogP) is 5.16. The highest BCUT2D eigenvalue weighted by Crippen LogP contribution is 2.33. The van der Waals surface area contributed by atoms with Gasteiger partial charge in [-0.05, 0) is 68.1 Å². The van der Waals surface area contributed by atoms with Gasteiger partial charge in [-0.1, -0.05) is 11.6 Å². The highest BCUT2D eigenvalue weighted by atomic mass is 35.5. The molecule has 0 saturated heterocycles. The van der Waals surface area contributed by atoms with E-state index in [9.17, 15) is 15.0 Å². The number of aliphatic carboxylic acids is 1. The van der Waals surface area contributed by atoms with Gasteiger partial charge in [0.1, 0.15) is 10.7 Å². The number of hydrogen-bond donors (Lipinski definition) is 2. The lowest BCUT2D eigenvalue weighted by molar-refractivity contribution is -0.131. The molecule has 3 aromatic rings. The van der Waals surface area contributed by atoms with Crippen LogP contribution in [0.2, 0.25) is 5.02 Å². The molecule has 0 saturated carbocycles. The number of halogens is 1. The Kier molecular flexibility index (Phi) is 7.02. The summed E-state index contributed by atoms with van der Waals surface area (Å²) in [6, 6.07) is 12.0. The summed E-state index contributed by atoms with van der Waals surface area (Å²) in [5.41, 5.74) is 1.92. The van der Waals surface area contributed by atoms with Crippen LogP contribution in [0.1, 0.15) is 19.4 Å². The highest BCUT2D eigenvalue weighted by molar-refractivity contribution is 8.03. The third kappa shape index (κ3) is 5.14. The third-order valence-electron chi connectivity index (χ3n) is 4.33. The molecule has 0 aliphatic heterocycles. The molecule has 0 aliphatic carbocycles. The standard InChI is InChI=1S/C21H20ClN3O4S/c1-3-25(4-2)16-10-7-14(17(26)12-16)11-18(20(27)28)30-21-24-23-19(29-21)13-5-8-15(22)9-6-13/h5-12,26H,3-4H2,1-2H3,(H,27,28)/b18-11-. The molecule has 30 heavy (non-hydrogen) atoms. The second kappa shape index (κ2) is 9.69. The fourth-order valence-corrected chi connectivity index (χ4v) is 3.56. The van der Waals surface area contributed by atoms with E-state index in [2.05, 4.69) is 15.1 Å². The lowest BCUT2D eigenvalue weighted by Crippen LogP contribution is -2.21. The summed E-state index contributed by atoms with van der Waals surface area (Å²) in [6.07, 6.45) is 1.38. The molecular weight excluding hydrogens is 426 g/mol. The number of aromatic nitrogens is 2. The van der Waals surface area contributed by atoms with E-state index in [0.29, 0.717) is 16.1 Å². The number of phenolic OH excluding ortho intramolecular Hbond substituents is 1. The molecule has 3 rings (SSSR count). The van der Waals surface area contributed by atoms with Gasteiger partial charge in [0.15, 0.2) is 0 Å². The van der Waals surface area contributed by atoms with Crippen LogP contribution in [-0.4, -0.2) is 39.5 Å². The Morgan fingerprint density at radius 3 is 2.47 bits per heavy atom. The number of aromatic hydroxyl groups is 1. The van der Waals surface area contributed by atoms with E-state index in [0.717, 1.165) is 30.5 Å². The van der Waals surface area contributed by atoms with Crippen LogP contribution < -0.4 is 4.90 Å². The van der Waals surface area contributed by atoms with Gasteiger partial charge in [0.05, 0.1) is 0 Å². The smallest absolute Gasteiger partial charge is 0.342 e. The zero-order valence-corrected chi connectivity index (χ0v) is 17.9. The Morgan fingerprint density at radius 1 is 1.17 bits per heavy atom. The minimum atomic E-state index is -1.17. The van der Waals surface area contributed by atoms with Crippen LogP contribution >= 0.6 is 23.4 Å². The van der Waals surface area contributed by atoms with Crippen LogP contribution in [0.3, 0.4) is 0 Å². The summed E-state index contributed by atoms with van der Waals surface area (Å²) >= 11 is 6.69. The zero-order valence-electron chi connectivity index (χ0n) is 16.4. The SMILES string of the molecule is CCN(CC)c1ccc(/C=C(\Sc2nnc(-c3ccc(Cl)cc3)o2)C(=O)O)c(O)c1. The van der Waals surface area contributed by atoms with Crippen LogP contribution in [0.4, 0.5) is 5.69 Å². The predicted molar refractivity (Wildman–Crippen MR) is 118 cm³/mol. The van der Waals surface area contributed by atoms with E-state index in [-0.39, 0.29) is 21.8 Å². The lowest BCUT2D eigenvalue weighted by atomic mass is 10.1. The van der Waals surface area contributed by atoms with Crippen molar-refractivity contribution in [1.82, 2.24) is 10.2 Å². The Morgan fingerprint density at radius 2 is 1.87 bits per heavy atom. The highest BCUT2D eigenvalue weighted by Gasteiger charge is 2.17. The van der Waals surface area contributed by atoms with Crippen molar-refractivity contribution in [3.8, 4) is 17.2 Å². The first-order valence-electron chi connectivity index (χ1n) is 9.21. The number of thioether (sulfide) groups is 1. The lowest BCUT2D eigenvalue weighted by Gasteiger charge is -2.21. The number of rotatable bonds is 8. The Bertz CT molecular complexity index is 1060. The average molecular weight is 446 g/mol. The number of carboxylic acid groups (broad SMARTS) is 1. The first-order valence-corrected chi connectivity index (χ1v) is 10.4. The van der Waals surface area contributed by atoms with Crippen LogP contribution in [-0.2, 0) is 4.79 Å². The molecule has 2 aromatic carbocycles. The van der Waals surface area contributed by atoms with Gasteiger partial charge in [0, 0.05) is 41.0 Å². The van der Waals surface area contributed by atoms with Crippen molar-refractivity contribution in [2.45, 2.75) is 19.1 Å². The number of carbonyl (C=O) groups is 1. The summed E-state index contributed by atoms with van der Waals surface area (Å²) < 4.78 is 5.56. The van der Waals surface area contributed by atoms with Crippen LogP contribution in [0.25, 0.3) is 17.5 Å². The topological polar surface area (TPSA) is 99.7 Å². The van der Waals surface area contributed by atoms with Gasteiger partial charge in [-0.15, -0.1) is 10.2 Å². The normalized spacial score (nSPS) is 11.5. The molecule has 0 amide bonds. The van der Waals surface area contributed by atoms with Gasteiger partial charge in [-0.3, -0.25) is 0 Å². The van der Waals surface area contributed by atoms with E-state index in [1.165, 1.54) is 6.08 Å². The maximum Gasteiger partial charge on any atom is 0.342 e. The van der Waals surface area contributed by atoms with Gasteiger partial charge in [-0.25, -0.2) is 4.79 Å². The number of carboxylic acids is 1. The largest absolute Gasteiger partial charge is 0.507 e. The van der Waals surface area contributed by atoms with Crippen molar-refractivity contribution in [3.05, 3.63) is 58.0 Å². The Labute approximate surface area is 183 Å². The molecule has 0 unspecified atom stereocenters. The second-order valence-corrected chi connectivity index (χ2v) is 7.64. The molecule has 9 heteroatoms. The molecule has 7 nitrogen and oxygen atoms in total. The van der Waals surface area contributed by atoms with E-state index in [4.69, 9.17) is 16.0 Å². The number of anilines is 1. The number of hydrogen-bond acceptors (Lipinski definition) is 7. The van der Waals surface area contributed by atoms with Crippen molar-refractivity contribution >= 4 is 41.1 Å². The number of benzene rings is 2. The summed E-state index contributed by atoms with van der Waals surface area (Å²) in [7, 11) is 0. The molecule has 156 valence electrons. The summed E-state index contributed by atoms with van der Waals surface area (Å²) in [4.78, 5) is 13.7. The minimum Gasteiger partial charge on any atom is -0.507 e. The van der Waals surface area contributed by atoms with Gasteiger partial charge >= 0.3 is 5.97 Å². The summed E-state index contributed by atoms with van der Waals surface area (Å²) in [5, 5.41) is 28.4. The molecule has 0 fully saturated rings. The fraction of sp³-hybridized carbons (Fsp3) is 0.190.